The number of fused-ring (bicyclic) bond motifs is 2. The number of anilines is 2. The molecule has 1 N–H and O–H groups in total. The summed E-state index contributed by atoms with van der Waals surface area (Å²) < 4.78 is 29.2. The van der Waals surface area contributed by atoms with Crippen molar-refractivity contribution in [3.8, 4) is 11.5 Å². The predicted molar refractivity (Wildman–Crippen MR) is 125 cm³/mol. The molecule has 3 heterocycles. The van der Waals surface area contributed by atoms with Gasteiger partial charge >= 0.3 is 0 Å². The van der Waals surface area contributed by atoms with Crippen molar-refractivity contribution in [1.29, 1.82) is 0 Å². The fourth-order valence-corrected chi connectivity index (χ4v) is 4.78. The molecule has 0 radical (unpaired) electrons. The van der Waals surface area contributed by atoms with Crippen molar-refractivity contribution >= 4 is 34.0 Å². The van der Waals surface area contributed by atoms with E-state index in [-0.39, 0.29) is 24.4 Å². The van der Waals surface area contributed by atoms with E-state index in [1.54, 1.807) is 14.2 Å². The average Bonchev–Trinajstić information content (AvgIpc) is 3.41. The molecule has 0 unspecified atom stereocenters. The molecule has 1 aromatic heterocycles. The highest BCUT2D eigenvalue weighted by Gasteiger charge is 2.49. The minimum Gasteiger partial charge on any atom is -0.493 e. The number of aromatic nitrogens is 2. The van der Waals surface area contributed by atoms with Gasteiger partial charge < -0.3 is 29.0 Å². The Hall–Kier alpha value is -2.65. The molecule has 8 nitrogen and oxygen atoms in total. The summed E-state index contributed by atoms with van der Waals surface area (Å²) in [4.78, 5) is 8.91. The van der Waals surface area contributed by atoms with Crippen LogP contribution in [-0.4, -0.2) is 61.8 Å². The normalized spacial score (nSPS) is 24.1. The largest absolute Gasteiger partial charge is 0.493 e. The van der Waals surface area contributed by atoms with Crippen LogP contribution in [0.2, 0.25) is 5.02 Å². The maximum absolute atomic E-state index is 6.38. The van der Waals surface area contributed by atoms with E-state index in [0.717, 1.165) is 33.6 Å². The van der Waals surface area contributed by atoms with Gasteiger partial charge in [0.15, 0.2) is 17.6 Å². The molecule has 2 fully saturated rings. The number of benzene rings is 2. The molecule has 33 heavy (non-hydrogen) atoms. The van der Waals surface area contributed by atoms with Crippen molar-refractivity contribution < 1.29 is 23.7 Å². The number of halogens is 1. The van der Waals surface area contributed by atoms with Crippen LogP contribution >= 0.6 is 11.6 Å². The molecule has 174 valence electrons. The van der Waals surface area contributed by atoms with E-state index in [2.05, 4.69) is 22.2 Å². The van der Waals surface area contributed by atoms with E-state index in [9.17, 15) is 0 Å². The van der Waals surface area contributed by atoms with Gasteiger partial charge in [-0.2, -0.15) is 0 Å². The maximum atomic E-state index is 6.38. The van der Waals surface area contributed by atoms with E-state index >= 15 is 0 Å². The lowest BCUT2D eigenvalue weighted by Crippen LogP contribution is -2.35. The Morgan fingerprint density at radius 1 is 1.06 bits per heavy atom. The standard InChI is InChI=1S/C24H26ClN3O5/c1-4-13-15(25)6-5-7-16(13)28-24-14-8-18(29-2)19(9-17(14)26-12-27-24)33-21-11-32-22-20(30-3)10-31-23(21)22/h5-9,12,20-23H,4,10-11H2,1-3H3,(H,26,27,28)/t20-,21-,22+,23+/m0/s1. The second-order valence-corrected chi connectivity index (χ2v) is 8.42. The Morgan fingerprint density at radius 2 is 1.85 bits per heavy atom. The van der Waals surface area contributed by atoms with Crippen molar-refractivity contribution in [1.82, 2.24) is 9.97 Å². The molecule has 0 spiro atoms. The second-order valence-electron chi connectivity index (χ2n) is 8.01. The quantitative estimate of drug-likeness (QED) is 0.550. The van der Waals surface area contributed by atoms with Crippen LogP contribution in [0.1, 0.15) is 12.5 Å². The first kappa shape index (κ1) is 22.2. The molecule has 2 aromatic carbocycles. The van der Waals surface area contributed by atoms with Crippen LogP contribution in [0.5, 0.6) is 11.5 Å². The SMILES string of the molecule is CCc1c(Cl)cccc1Nc1ncnc2cc(O[C@H]3CO[C@H]4[C@@H]3OC[C@@H]4OC)c(OC)cc12. The first-order valence-corrected chi connectivity index (χ1v) is 11.3. The van der Waals surface area contributed by atoms with Crippen molar-refractivity contribution in [2.75, 3.05) is 32.8 Å². The number of methoxy groups -OCH3 is 2. The Labute approximate surface area is 197 Å². The third-order valence-corrected chi connectivity index (χ3v) is 6.54. The second kappa shape index (κ2) is 9.30. The summed E-state index contributed by atoms with van der Waals surface area (Å²) in [5, 5.41) is 4.93. The molecule has 5 rings (SSSR count). The van der Waals surface area contributed by atoms with E-state index in [1.807, 2.05) is 30.3 Å². The minimum atomic E-state index is -0.264. The lowest BCUT2D eigenvalue weighted by molar-refractivity contribution is -0.0140. The Kier molecular flexibility index (Phi) is 6.25. The summed E-state index contributed by atoms with van der Waals surface area (Å²) in [6.45, 7) is 2.98. The van der Waals surface area contributed by atoms with Crippen molar-refractivity contribution in [2.24, 2.45) is 0 Å². The van der Waals surface area contributed by atoms with E-state index in [1.165, 1.54) is 6.33 Å². The maximum Gasteiger partial charge on any atom is 0.164 e. The first-order valence-electron chi connectivity index (χ1n) is 10.9. The highest BCUT2D eigenvalue weighted by Crippen LogP contribution is 2.38. The molecule has 2 aliphatic rings. The molecular formula is C24H26ClN3O5. The lowest BCUT2D eigenvalue weighted by atomic mass is 10.1. The fourth-order valence-electron chi connectivity index (χ4n) is 4.47. The molecular weight excluding hydrogens is 446 g/mol. The fraction of sp³-hybridized carbons (Fsp3) is 0.417. The highest BCUT2D eigenvalue weighted by atomic mass is 35.5. The number of nitrogens with one attached hydrogen (secondary N) is 1. The third kappa shape index (κ3) is 4.08. The zero-order valence-electron chi connectivity index (χ0n) is 18.7. The summed E-state index contributed by atoms with van der Waals surface area (Å²) in [6, 6.07) is 9.52. The predicted octanol–water partition coefficient (Wildman–Crippen LogP) is 4.16. The van der Waals surface area contributed by atoms with Gasteiger partial charge in [0.1, 0.15) is 30.5 Å². The molecule has 3 aromatic rings. The topological polar surface area (TPSA) is 84.0 Å². The Morgan fingerprint density at radius 3 is 2.61 bits per heavy atom. The number of ether oxygens (including phenoxy) is 5. The number of hydrogen-bond acceptors (Lipinski definition) is 8. The highest BCUT2D eigenvalue weighted by molar-refractivity contribution is 6.31. The van der Waals surface area contributed by atoms with Gasteiger partial charge in [0.25, 0.3) is 0 Å². The van der Waals surface area contributed by atoms with Gasteiger partial charge in [-0.05, 0) is 30.2 Å². The van der Waals surface area contributed by atoms with Gasteiger partial charge in [-0.15, -0.1) is 0 Å². The molecule has 2 saturated heterocycles. The van der Waals surface area contributed by atoms with Crippen LogP contribution in [0.25, 0.3) is 10.9 Å². The average molecular weight is 472 g/mol. The van der Waals surface area contributed by atoms with Crippen LogP contribution < -0.4 is 14.8 Å². The summed E-state index contributed by atoms with van der Waals surface area (Å²) >= 11 is 6.38. The van der Waals surface area contributed by atoms with Gasteiger partial charge in [-0.1, -0.05) is 24.6 Å². The van der Waals surface area contributed by atoms with Gasteiger partial charge in [0.05, 0.1) is 25.8 Å². The molecule has 0 bridgehead atoms. The smallest absolute Gasteiger partial charge is 0.164 e. The molecule has 0 amide bonds. The van der Waals surface area contributed by atoms with Crippen LogP contribution in [0.4, 0.5) is 11.5 Å². The zero-order valence-corrected chi connectivity index (χ0v) is 19.5. The van der Waals surface area contributed by atoms with Gasteiger partial charge in [-0.3, -0.25) is 0 Å². The van der Waals surface area contributed by atoms with Crippen molar-refractivity contribution in [2.45, 2.75) is 37.8 Å². The van der Waals surface area contributed by atoms with Crippen molar-refractivity contribution in [3.05, 3.63) is 47.2 Å². The van der Waals surface area contributed by atoms with Gasteiger partial charge in [-0.25, -0.2) is 9.97 Å². The number of rotatable bonds is 7. The molecule has 0 aliphatic carbocycles. The summed E-state index contributed by atoms with van der Waals surface area (Å²) in [7, 11) is 3.27. The van der Waals surface area contributed by atoms with Crippen LogP contribution in [-0.2, 0) is 20.6 Å². The van der Waals surface area contributed by atoms with Gasteiger partial charge in [0.2, 0.25) is 0 Å². The molecule has 0 saturated carbocycles. The Balaban J connectivity index is 1.45. The van der Waals surface area contributed by atoms with Crippen LogP contribution in [0, 0.1) is 0 Å². The Bertz CT molecular complexity index is 1160. The monoisotopic (exact) mass is 471 g/mol. The zero-order chi connectivity index (χ0) is 22.9. The summed E-state index contributed by atoms with van der Waals surface area (Å²) in [6.07, 6.45) is 1.66. The molecule has 2 aliphatic heterocycles. The minimum absolute atomic E-state index is 0.0806. The van der Waals surface area contributed by atoms with Gasteiger partial charge in [0, 0.05) is 29.3 Å². The van der Waals surface area contributed by atoms with Crippen LogP contribution in [0.3, 0.4) is 0 Å². The van der Waals surface area contributed by atoms with Crippen molar-refractivity contribution in [3.63, 3.8) is 0 Å². The summed E-state index contributed by atoms with van der Waals surface area (Å²) in [5.41, 5.74) is 2.66. The number of nitrogens with zero attached hydrogens (tertiary/aromatic N) is 2. The van der Waals surface area contributed by atoms with Crippen LogP contribution in [0.15, 0.2) is 36.7 Å². The summed E-state index contributed by atoms with van der Waals surface area (Å²) in [5.74, 6) is 1.81. The third-order valence-electron chi connectivity index (χ3n) is 6.19. The lowest BCUT2D eigenvalue weighted by Gasteiger charge is -2.20. The van der Waals surface area contributed by atoms with E-state index in [0.29, 0.717) is 30.5 Å². The van der Waals surface area contributed by atoms with E-state index in [4.69, 9.17) is 35.3 Å². The number of hydrogen-bond donors (Lipinski definition) is 1. The van der Waals surface area contributed by atoms with E-state index < -0.39 is 0 Å². The first-order chi connectivity index (χ1) is 16.1. The molecule has 4 atom stereocenters. The molecule has 9 heteroatoms.